The summed E-state index contributed by atoms with van der Waals surface area (Å²) in [6, 6.07) is 8.55. The number of carboxylic acid groups (broad SMARTS) is 1. The molecular weight excluding hydrogens is 250 g/mol. The molecule has 0 radical (unpaired) electrons. The van der Waals surface area contributed by atoms with E-state index in [1.165, 1.54) is 11.1 Å². The largest absolute Gasteiger partial charge is 0.481 e. The fourth-order valence-electron chi connectivity index (χ4n) is 2.29. The van der Waals surface area contributed by atoms with E-state index in [9.17, 15) is 4.79 Å². The molecule has 0 saturated carbocycles. The summed E-state index contributed by atoms with van der Waals surface area (Å²) in [6.45, 7) is 4.81. The Labute approximate surface area is 114 Å². The molecule has 2 rings (SSSR count). The van der Waals surface area contributed by atoms with Crippen LogP contribution < -0.4 is 0 Å². The summed E-state index contributed by atoms with van der Waals surface area (Å²) in [6.07, 6.45) is 1.56. The van der Waals surface area contributed by atoms with Crippen molar-refractivity contribution in [3.8, 4) is 0 Å². The molecule has 1 aliphatic heterocycles. The van der Waals surface area contributed by atoms with Crippen molar-refractivity contribution in [1.29, 1.82) is 0 Å². The second kappa shape index (κ2) is 6.76. The van der Waals surface area contributed by atoms with Gasteiger partial charge in [0.15, 0.2) is 0 Å². The minimum atomic E-state index is -0.639. The zero-order chi connectivity index (χ0) is 12.3. The van der Waals surface area contributed by atoms with E-state index in [1.807, 2.05) is 0 Å². The lowest BCUT2D eigenvalue weighted by atomic mass is 9.97. The van der Waals surface area contributed by atoms with Crippen LogP contribution in [0.5, 0.6) is 0 Å². The molecule has 1 N–H and O–H groups in total. The van der Waals surface area contributed by atoms with Crippen LogP contribution in [0.15, 0.2) is 24.3 Å². The van der Waals surface area contributed by atoms with Crippen molar-refractivity contribution in [3.63, 3.8) is 0 Å². The molecule has 0 bridgehead atoms. The Bertz CT molecular complexity index is 383. The molecule has 0 aromatic heterocycles. The molecule has 1 fully saturated rings. The van der Waals surface area contributed by atoms with Gasteiger partial charge in [0.05, 0.1) is 5.92 Å². The highest BCUT2D eigenvalue weighted by molar-refractivity contribution is 5.85. The third kappa shape index (κ3) is 4.00. The fraction of sp³-hybridized carbons (Fsp3) is 0.500. The highest BCUT2D eigenvalue weighted by Crippen LogP contribution is 2.19. The van der Waals surface area contributed by atoms with Crippen molar-refractivity contribution in [3.05, 3.63) is 35.4 Å². The highest BCUT2D eigenvalue weighted by Gasteiger charge is 2.24. The third-order valence-corrected chi connectivity index (χ3v) is 3.46. The summed E-state index contributed by atoms with van der Waals surface area (Å²) in [7, 11) is 0. The summed E-state index contributed by atoms with van der Waals surface area (Å²) in [4.78, 5) is 13.2. The SMILES string of the molecule is Cc1ccc(CN2CCC(C(=O)O)CC2)cc1.Cl. The molecule has 1 saturated heterocycles. The van der Waals surface area contributed by atoms with Crippen LogP contribution in [0.4, 0.5) is 0 Å². The zero-order valence-corrected chi connectivity index (χ0v) is 11.4. The van der Waals surface area contributed by atoms with Crippen molar-refractivity contribution < 1.29 is 9.90 Å². The van der Waals surface area contributed by atoms with Crippen LogP contribution in [-0.4, -0.2) is 29.1 Å². The Morgan fingerprint density at radius 2 is 1.83 bits per heavy atom. The van der Waals surface area contributed by atoms with E-state index in [1.54, 1.807) is 0 Å². The lowest BCUT2D eigenvalue weighted by Gasteiger charge is -2.30. The van der Waals surface area contributed by atoms with Gasteiger partial charge in [0, 0.05) is 6.54 Å². The van der Waals surface area contributed by atoms with Gasteiger partial charge in [0.1, 0.15) is 0 Å². The number of hydrogen-bond donors (Lipinski definition) is 1. The molecule has 3 nitrogen and oxygen atoms in total. The molecule has 1 heterocycles. The minimum absolute atomic E-state index is 0. The van der Waals surface area contributed by atoms with Gasteiger partial charge in [-0.15, -0.1) is 12.4 Å². The predicted molar refractivity (Wildman–Crippen MR) is 74.1 cm³/mol. The summed E-state index contributed by atoms with van der Waals surface area (Å²) in [5.41, 5.74) is 2.59. The Morgan fingerprint density at radius 3 is 2.33 bits per heavy atom. The summed E-state index contributed by atoms with van der Waals surface area (Å²) in [5, 5.41) is 8.93. The number of hydrogen-bond acceptors (Lipinski definition) is 2. The molecule has 0 atom stereocenters. The Hall–Kier alpha value is -1.06. The van der Waals surface area contributed by atoms with Gasteiger partial charge in [-0.3, -0.25) is 9.69 Å². The van der Waals surface area contributed by atoms with Crippen LogP contribution in [0.1, 0.15) is 24.0 Å². The normalized spacial score (nSPS) is 17.2. The number of benzene rings is 1. The van der Waals surface area contributed by atoms with Gasteiger partial charge >= 0.3 is 5.97 Å². The molecule has 0 aliphatic carbocycles. The Kier molecular flexibility index (Phi) is 5.63. The quantitative estimate of drug-likeness (QED) is 0.917. The first-order valence-corrected chi connectivity index (χ1v) is 6.16. The van der Waals surface area contributed by atoms with Crippen LogP contribution in [0.3, 0.4) is 0 Å². The van der Waals surface area contributed by atoms with Gasteiger partial charge < -0.3 is 5.11 Å². The van der Waals surface area contributed by atoms with Crippen LogP contribution in [0, 0.1) is 12.8 Å². The van der Waals surface area contributed by atoms with E-state index in [0.717, 1.165) is 32.5 Å². The fourth-order valence-corrected chi connectivity index (χ4v) is 2.29. The number of likely N-dealkylation sites (tertiary alicyclic amines) is 1. The number of halogens is 1. The number of aryl methyl sites for hydroxylation is 1. The maximum atomic E-state index is 10.8. The first kappa shape index (κ1) is 15.0. The smallest absolute Gasteiger partial charge is 0.306 e. The lowest BCUT2D eigenvalue weighted by Crippen LogP contribution is -2.35. The van der Waals surface area contributed by atoms with E-state index in [-0.39, 0.29) is 18.3 Å². The molecular formula is C14H20ClNO2. The molecule has 0 unspecified atom stereocenters. The Balaban J connectivity index is 0.00000162. The van der Waals surface area contributed by atoms with Gasteiger partial charge in [-0.2, -0.15) is 0 Å². The van der Waals surface area contributed by atoms with Crippen molar-refractivity contribution in [1.82, 2.24) is 4.90 Å². The Morgan fingerprint density at radius 1 is 1.28 bits per heavy atom. The number of rotatable bonds is 3. The highest BCUT2D eigenvalue weighted by atomic mass is 35.5. The number of carbonyl (C=O) groups is 1. The van der Waals surface area contributed by atoms with Crippen molar-refractivity contribution >= 4 is 18.4 Å². The molecule has 1 aliphatic rings. The monoisotopic (exact) mass is 269 g/mol. The average molecular weight is 270 g/mol. The number of aliphatic carboxylic acids is 1. The molecule has 0 amide bonds. The maximum Gasteiger partial charge on any atom is 0.306 e. The third-order valence-electron chi connectivity index (χ3n) is 3.46. The van der Waals surface area contributed by atoms with E-state index in [2.05, 4.69) is 36.1 Å². The number of carboxylic acids is 1. The molecule has 1 aromatic rings. The van der Waals surface area contributed by atoms with Gasteiger partial charge in [-0.25, -0.2) is 0 Å². The van der Waals surface area contributed by atoms with Crippen molar-refractivity contribution in [2.24, 2.45) is 5.92 Å². The first-order valence-electron chi connectivity index (χ1n) is 6.16. The predicted octanol–water partition coefficient (Wildman–Crippen LogP) is 2.71. The molecule has 18 heavy (non-hydrogen) atoms. The summed E-state index contributed by atoms with van der Waals surface area (Å²) < 4.78 is 0. The van der Waals surface area contributed by atoms with Gasteiger partial charge in [-0.1, -0.05) is 29.8 Å². The second-order valence-corrected chi connectivity index (χ2v) is 4.87. The molecule has 4 heteroatoms. The van der Waals surface area contributed by atoms with Gasteiger partial charge in [0.25, 0.3) is 0 Å². The first-order chi connectivity index (χ1) is 8.15. The van der Waals surface area contributed by atoms with Crippen molar-refractivity contribution in [2.45, 2.75) is 26.3 Å². The number of nitrogens with zero attached hydrogens (tertiary/aromatic N) is 1. The van der Waals surface area contributed by atoms with Crippen LogP contribution in [-0.2, 0) is 11.3 Å². The zero-order valence-electron chi connectivity index (χ0n) is 10.6. The number of piperidine rings is 1. The van der Waals surface area contributed by atoms with Gasteiger partial charge in [0.2, 0.25) is 0 Å². The van der Waals surface area contributed by atoms with E-state index in [4.69, 9.17) is 5.11 Å². The molecule has 100 valence electrons. The van der Waals surface area contributed by atoms with Gasteiger partial charge in [-0.05, 0) is 38.4 Å². The van der Waals surface area contributed by atoms with E-state index >= 15 is 0 Å². The molecule has 1 aromatic carbocycles. The van der Waals surface area contributed by atoms with E-state index < -0.39 is 5.97 Å². The second-order valence-electron chi connectivity index (χ2n) is 4.87. The minimum Gasteiger partial charge on any atom is -0.481 e. The standard InChI is InChI=1S/C14H19NO2.ClH/c1-11-2-4-12(5-3-11)10-15-8-6-13(7-9-15)14(16)17;/h2-5,13H,6-10H2,1H3,(H,16,17);1H. The topological polar surface area (TPSA) is 40.5 Å². The van der Waals surface area contributed by atoms with Crippen LogP contribution in [0.25, 0.3) is 0 Å². The summed E-state index contributed by atoms with van der Waals surface area (Å²) >= 11 is 0. The van der Waals surface area contributed by atoms with E-state index in [0.29, 0.717) is 0 Å². The van der Waals surface area contributed by atoms with Crippen LogP contribution >= 0.6 is 12.4 Å². The average Bonchev–Trinajstić information content (AvgIpc) is 2.33. The summed E-state index contributed by atoms with van der Waals surface area (Å²) in [5.74, 6) is -0.774. The van der Waals surface area contributed by atoms with Crippen molar-refractivity contribution in [2.75, 3.05) is 13.1 Å². The molecule has 0 spiro atoms. The maximum absolute atomic E-state index is 10.8. The lowest BCUT2D eigenvalue weighted by molar-refractivity contribution is -0.143. The van der Waals surface area contributed by atoms with Crippen LogP contribution in [0.2, 0.25) is 0 Å².